The Balaban J connectivity index is 2.45. The molecule has 0 saturated carbocycles. The Bertz CT molecular complexity index is 328. The Morgan fingerprint density at radius 2 is 2.00 bits per heavy atom. The Morgan fingerprint density at radius 3 is 2.72 bits per heavy atom. The van der Waals surface area contributed by atoms with E-state index in [2.05, 4.69) is 19.2 Å². The molecule has 1 atom stereocenters. The molecule has 1 aromatic carbocycles. The van der Waals surface area contributed by atoms with Crippen LogP contribution in [-0.4, -0.2) is 19.2 Å². The molecular weight excluding hydrogens is 224 g/mol. The maximum atomic E-state index is 6.05. The van der Waals surface area contributed by atoms with E-state index >= 15 is 0 Å². The van der Waals surface area contributed by atoms with Crippen molar-refractivity contribution in [1.29, 1.82) is 0 Å². The minimum Gasteiger partial charge on any atom is -0.491 e. The van der Waals surface area contributed by atoms with E-state index < -0.39 is 0 Å². The molecule has 0 aliphatic carbocycles. The van der Waals surface area contributed by atoms with Gasteiger partial charge in [0.1, 0.15) is 5.75 Å². The molecule has 0 saturated heterocycles. The molecule has 102 valence electrons. The van der Waals surface area contributed by atoms with Crippen molar-refractivity contribution in [3.63, 3.8) is 0 Å². The predicted octanol–water partition coefficient (Wildman–Crippen LogP) is 3.40. The summed E-state index contributed by atoms with van der Waals surface area (Å²) in [5, 5.41) is 3.38. The highest BCUT2D eigenvalue weighted by atomic mass is 16.5. The van der Waals surface area contributed by atoms with E-state index in [4.69, 9.17) is 10.5 Å². The molecule has 3 N–H and O–H groups in total. The third-order valence-electron chi connectivity index (χ3n) is 2.83. The Morgan fingerprint density at radius 1 is 1.22 bits per heavy atom. The van der Waals surface area contributed by atoms with Crippen LogP contribution in [0.4, 0.5) is 5.69 Å². The largest absolute Gasteiger partial charge is 0.491 e. The van der Waals surface area contributed by atoms with Crippen LogP contribution < -0.4 is 15.8 Å². The number of ether oxygens (including phenoxy) is 1. The van der Waals surface area contributed by atoms with Gasteiger partial charge in [-0.1, -0.05) is 38.8 Å². The van der Waals surface area contributed by atoms with Gasteiger partial charge in [0.2, 0.25) is 0 Å². The molecular formula is C15H26N2O. The smallest absolute Gasteiger partial charge is 0.142 e. The molecule has 1 unspecified atom stereocenters. The molecule has 0 aliphatic rings. The molecule has 0 fully saturated rings. The lowest BCUT2D eigenvalue weighted by atomic mass is 10.1. The minimum atomic E-state index is 0.212. The third-order valence-corrected chi connectivity index (χ3v) is 2.83. The highest BCUT2D eigenvalue weighted by Crippen LogP contribution is 2.23. The van der Waals surface area contributed by atoms with Crippen molar-refractivity contribution in [1.82, 2.24) is 0 Å². The highest BCUT2D eigenvalue weighted by molar-refractivity contribution is 5.56. The highest BCUT2D eigenvalue weighted by Gasteiger charge is 2.05. The number of unbranched alkanes of at least 4 members (excludes halogenated alkanes) is 1. The summed E-state index contributed by atoms with van der Waals surface area (Å²) in [4.78, 5) is 0. The fourth-order valence-corrected chi connectivity index (χ4v) is 1.76. The summed E-state index contributed by atoms with van der Waals surface area (Å²) >= 11 is 0. The van der Waals surface area contributed by atoms with Gasteiger partial charge in [0.25, 0.3) is 0 Å². The van der Waals surface area contributed by atoms with Crippen LogP contribution >= 0.6 is 0 Å². The fourth-order valence-electron chi connectivity index (χ4n) is 1.76. The van der Waals surface area contributed by atoms with Crippen molar-refractivity contribution in [3.8, 4) is 5.75 Å². The van der Waals surface area contributed by atoms with Crippen LogP contribution in [0.3, 0.4) is 0 Å². The van der Waals surface area contributed by atoms with Gasteiger partial charge in [0, 0.05) is 12.6 Å². The van der Waals surface area contributed by atoms with Crippen molar-refractivity contribution in [3.05, 3.63) is 24.3 Å². The van der Waals surface area contributed by atoms with Gasteiger partial charge in [-0.05, 0) is 25.0 Å². The summed E-state index contributed by atoms with van der Waals surface area (Å²) in [6.07, 6.45) is 4.48. The number of hydrogen-bond donors (Lipinski definition) is 2. The average Bonchev–Trinajstić information content (AvgIpc) is 2.41. The second-order valence-corrected chi connectivity index (χ2v) is 4.63. The van der Waals surface area contributed by atoms with E-state index in [1.54, 1.807) is 0 Å². The molecule has 0 bridgehead atoms. The standard InChI is InChI=1S/C15H26N2O/c1-3-5-8-13(16)12-17-14-9-6-7-10-15(14)18-11-4-2/h6-7,9-10,13,17H,3-5,8,11-12,16H2,1-2H3. The number of nitrogens with one attached hydrogen (secondary N) is 1. The second-order valence-electron chi connectivity index (χ2n) is 4.63. The molecule has 3 heteroatoms. The van der Waals surface area contributed by atoms with Gasteiger partial charge in [0.05, 0.1) is 12.3 Å². The van der Waals surface area contributed by atoms with Crippen molar-refractivity contribution < 1.29 is 4.74 Å². The van der Waals surface area contributed by atoms with Crippen LogP contribution in [0.15, 0.2) is 24.3 Å². The lowest BCUT2D eigenvalue weighted by Gasteiger charge is -2.16. The lowest BCUT2D eigenvalue weighted by molar-refractivity contribution is 0.319. The molecule has 3 nitrogen and oxygen atoms in total. The van der Waals surface area contributed by atoms with E-state index in [1.807, 2.05) is 24.3 Å². The van der Waals surface area contributed by atoms with E-state index in [0.29, 0.717) is 0 Å². The average molecular weight is 250 g/mol. The normalized spacial score (nSPS) is 12.2. The molecule has 0 radical (unpaired) electrons. The monoisotopic (exact) mass is 250 g/mol. The minimum absolute atomic E-state index is 0.212. The first kappa shape index (κ1) is 14.8. The Labute approximate surface area is 111 Å². The molecule has 18 heavy (non-hydrogen) atoms. The van der Waals surface area contributed by atoms with Gasteiger partial charge in [-0.3, -0.25) is 0 Å². The molecule has 0 amide bonds. The maximum absolute atomic E-state index is 6.05. The first-order valence-corrected chi connectivity index (χ1v) is 6.99. The summed E-state index contributed by atoms with van der Waals surface area (Å²) in [6.45, 7) is 5.85. The number of nitrogens with two attached hydrogens (primary N) is 1. The van der Waals surface area contributed by atoms with Crippen molar-refractivity contribution >= 4 is 5.69 Å². The lowest BCUT2D eigenvalue weighted by Crippen LogP contribution is -2.29. The van der Waals surface area contributed by atoms with Gasteiger partial charge >= 0.3 is 0 Å². The van der Waals surface area contributed by atoms with E-state index in [0.717, 1.165) is 37.4 Å². The van der Waals surface area contributed by atoms with Crippen molar-refractivity contribution in [2.75, 3.05) is 18.5 Å². The van der Waals surface area contributed by atoms with Gasteiger partial charge in [-0.2, -0.15) is 0 Å². The number of benzene rings is 1. The quantitative estimate of drug-likeness (QED) is 0.706. The Kier molecular flexibility index (Phi) is 7.26. The van der Waals surface area contributed by atoms with Crippen LogP contribution in [0.2, 0.25) is 0 Å². The van der Waals surface area contributed by atoms with Crippen LogP contribution in [0.1, 0.15) is 39.5 Å². The Hall–Kier alpha value is -1.22. The van der Waals surface area contributed by atoms with Crippen LogP contribution in [0.25, 0.3) is 0 Å². The predicted molar refractivity (Wildman–Crippen MR) is 78.2 cm³/mol. The van der Waals surface area contributed by atoms with Crippen molar-refractivity contribution in [2.45, 2.75) is 45.6 Å². The van der Waals surface area contributed by atoms with E-state index in [9.17, 15) is 0 Å². The summed E-state index contributed by atoms with van der Waals surface area (Å²) in [7, 11) is 0. The van der Waals surface area contributed by atoms with Crippen LogP contribution in [0.5, 0.6) is 5.75 Å². The summed E-state index contributed by atoms with van der Waals surface area (Å²) in [5.74, 6) is 0.919. The van der Waals surface area contributed by atoms with Crippen molar-refractivity contribution in [2.24, 2.45) is 5.73 Å². The first-order chi connectivity index (χ1) is 8.77. The summed E-state index contributed by atoms with van der Waals surface area (Å²) in [6, 6.07) is 8.25. The van der Waals surface area contributed by atoms with Crippen LogP contribution in [-0.2, 0) is 0 Å². The molecule has 0 aliphatic heterocycles. The number of hydrogen-bond acceptors (Lipinski definition) is 3. The molecule has 0 spiro atoms. The van der Waals surface area contributed by atoms with E-state index in [-0.39, 0.29) is 6.04 Å². The molecule has 1 aromatic rings. The second kappa shape index (κ2) is 8.81. The number of anilines is 1. The van der Waals surface area contributed by atoms with Gasteiger partial charge in [0.15, 0.2) is 0 Å². The maximum Gasteiger partial charge on any atom is 0.142 e. The van der Waals surface area contributed by atoms with Gasteiger partial charge in [-0.15, -0.1) is 0 Å². The third kappa shape index (κ3) is 5.41. The molecule has 0 heterocycles. The number of rotatable bonds is 9. The summed E-state index contributed by atoms with van der Waals surface area (Å²) < 4.78 is 5.70. The summed E-state index contributed by atoms with van der Waals surface area (Å²) in [5.41, 5.74) is 7.09. The molecule has 0 aromatic heterocycles. The number of para-hydroxylation sites is 2. The fraction of sp³-hybridized carbons (Fsp3) is 0.600. The van der Waals surface area contributed by atoms with Crippen LogP contribution in [0, 0.1) is 0 Å². The first-order valence-electron chi connectivity index (χ1n) is 6.99. The zero-order chi connectivity index (χ0) is 13.2. The zero-order valence-electron chi connectivity index (χ0n) is 11.6. The van der Waals surface area contributed by atoms with E-state index in [1.165, 1.54) is 12.8 Å². The zero-order valence-corrected chi connectivity index (χ0v) is 11.6. The SMILES string of the molecule is CCCCC(N)CNc1ccccc1OCCC. The van der Waals surface area contributed by atoms with Gasteiger partial charge < -0.3 is 15.8 Å². The molecule has 1 rings (SSSR count). The van der Waals surface area contributed by atoms with Gasteiger partial charge in [-0.25, -0.2) is 0 Å². The topological polar surface area (TPSA) is 47.3 Å².